The lowest BCUT2D eigenvalue weighted by Gasteiger charge is -2.42. The Hall–Kier alpha value is -1.68. The van der Waals surface area contributed by atoms with Crippen LogP contribution in [0.25, 0.3) is 0 Å². The summed E-state index contributed by atoms with van der Waals surface area (Å²) < 4.78 is 112. The van der Waals surface area contributed by atoms with Gasteiger partial charge in [-0.05, 0) is 310 Å². The van der Waals surface area contributed by atoms with Crippen LogP contribution in [-0.2, 0) is 4.79 Å². The third-order valence-corrected chi connectivity index (χ3v) is 22.6. The Morgan fingerprint density at radius 3 is 0.991 bits per heavy atom. The van der Waals surface area contributed by atoms with Crippen LogP contribution in [0.15, 0.2) is 0 Å². The number of hydrogen-bond donors (Lipinski definition) is 2. The molecular weight excluding hydrogens is 1420 g/mol. The predicted octanol–water partition coefficient (Wildman–Crippen LogP) is 16.9. The average molecular weight is 1590 g/mol. The maximum Gasteiger partial charge on any atom is 0.401 e. The van der Waals surface area contributed by atoms with Gasteiger partial charge in [-0.2, -0.15) is 13.2 Å². The molecule has 2 N–H and O–H groups in total. The number of aliphatic hydroxyl groups is 2. The maximum atomic E-state index is 12.9. The first kappa shape index (κ1) is 106. The van der Waals surface area contributed by atoms with Crippen molar-refractivity contribution in [1.82, 2.24) is 58.8 Å². The van der Waals surface area contributed by atoms with Crippen molar-refractivity contribution in [2.75, 3.05) is 164 Å². The molecule has 0 aliphatic carbocycles. The quantitative estimate of drug-likeness (QED) is 0.257. The molecule has 5 atom stereocenters. The van der Waals surface area contributed by atoms with Gasteiger partial charge >= 0.3 is 6.18 Å². The molecule has 10 aliphatic rings. The Kier molecular flexibility index (Phi) is 44.0. The van der Waals surface area contributed by atoms with Crippen LogP contribution in [0.5, 0.6) is 0 Å². The van der Waals surface area contributed by atoms with Gasteiger partial charge in [0, 0.05) is 154 Å². The van der Waals surface area contributed by atoms with Crippen LogP contribution in [0.2, 0.25) is 0 Å². The minimum atomic E-state index is -4.07. The summed E-state index contributed by atoms with van der Waals surface area (Å²) >= 11 is 0. The number of nitrogens with zero attached hydrogens (tertiary/aromatic N) is 12. The highest BCUT2D eigenvalue weighted by Gasteiger charge is 2.45. The lowest BCUT2D eigenvalue weighted by molar-refractivity contribution is -0.150. The Morgan fingerprint density at radius 1 is 0.373 bits per heavy atom. The molecule has 0 aromatic rings. The summed E-state index contributed by atoms with van der Waals surface area (Å²) in [5.74, 6) is -3.72. The molecule has 0 aromatic heterocycles. The van der Waals surface area contributed by atoms with Crippen LogP contribution in [-0.4, -0.2) is 338 Å². The predicted molar refractivity (Wildman–Crippen MR) is 445 cm³/mol. The van der Waals surface area contributed by atoms with Crippen LogP contribution in [0, 0.1) is 5.92 Å². The average Bonchev–Trinajstić information content (AvgIpc) is 1.15. The van der Waals surface area contributed by atoms with E-state index in [-0.39, 0.29) is 89.0 Å². The van der Waals surface area contributed by atoms with Crippen molar-refractivity contribution in [3.05, 3.63) is 0 Å². The second kappa shape index (κ2) is 45.5. The summed E-state index contributed by atoms with van der Waals surface area (Å²) in [7, 11) is 1.86. The molecule has 0 saturated carbocycles. The Labute approximate surface area is 669 Å². The lowest BCUT2D eigenvalue weighted by Crippen LogP contribution is -2.58. The normalized spacial score (nSPS) is 26.2. The molecule has 0 radical (unpaired) electrons. The number of likely N-dealkylation sites (tertiary alicyclic amines) is 8. The van der Waals surface area contributed by atoms with Crippen LogP contribution in [0.1, 0.15) is 285 Å². The Bertz CT molecular complexity index is 2340. The minimum absolute atomic E-state index is 0.0509. The molecule has 10 saturated heterocycles. The van der Waals surface area contributed by atoms with E-state index >= 15 is 0 Å². The number of piperidine rings is 4. The molecule has 4 unspecified atom stereocenters. The highest BCUT2D eigenvalue weighted by Crippen LogP contribution is 2.33. The first-order valence-electron chi connectivity index (χ1n) is 42.4. The highest BCUT2D eigenvalue weighted by molar-refractivity contribution is 5.78. The van der Waals surface area contributed by atoms with E-state index in [0.29, 0.717) is 50.2 Å². The van der Waals surface area contributed by atoms with Crippen LogP contribution < -0.4 is 0 Å². The number of hydrogen-bond acceptors (Lipinski definition) is 14. The van der Waals surface area contributed by atoms with Crippen molar-refractivity contribution in [3.8, 4) is 0 Å². The molecule has 658 valence electrons. The third-order valence-electron chi connectivity index (χ3n) is 22.6. The van der Waals surface area contributed by atoms with Crippen LogP contribution >= 0.6 is 0 Å². The van der Waals surface area contributed by atoms with E-state index in [1.54, 1.807) is 9.80 Å². The van der Waals surface area contributed by atoms with Crippen LogP contribution in [0.3, 0.4) is 0 Å². The molecular formula is C86H173F9N12O3. The summed E-state index contributed by atoms with van der Waals surface area (Å²) in [6.45, 7) is 81.7. The molecule has 10 aliphatic heterocycles. The molecule has 10 rings (SSSR count). The smallest absolute Gasteiger partial charge is 0.392 e. The van der Waals surface area contributed by atoms with Gasteiger partial charge in [-0.3, -0.25) is 58.7 Å². The number of rotatable bonds is 2. The van der Waals surface area contributed by atoms with Gasteiger partial charge in [-0.15, -0.1) is 0 Å². The van der Waals surface area contributed by atoms with Gasteiger partial charge in [0.15, 0.2) is 0 Å². The van der Waals surface area contributed by atoms with Crippen molar-refractivity contribution >= 4 is 5.91 Å². The summed E-state index contributed by atoms with van der Waals surface area (Å²) in [6, 6.07) is 0.268. The third kappa shape index (κ3) is 45.3. The van der Waals surface area contributed by atoms with Gasteiger partial charge in [0.25, 0.3) is 11.8 Å². The number of amides is 1. The zero-order valence-electron chi connectivity index (χ0n) is 76.5. The molecule has 1 amide bonds. The first-order valence-corrected chi connectivity index (χ1v) is 42.4. The van der Waals surface area contributed by atoms with Gasteiger partial charge < -0.3 is 15.1 Å². The second-order valence-electron chi connectivity index (χ2n) is 42.4. The lowest BCUT2D eigenvalue weighted by atomic mass is 9.99. The van der Waals surface area contributed by atoms with Gasteiger partial charge in [-0.1, -0.05) is 13.3 Å². The number of halogens is 9. The number of β-amino-alcohol motifs (C(OH)–C–C–N with tert-alkyl or cyclic N) is 2. The molecule has 0 spiro atoms. The highest BCUT2D eigenvalue weighted by atomic mass is 19.4. The zero-order chi connectivity index (χ0) is 85.4. The fourth-order valence-corrected chi connectivity index (χ4v) is 14.5. The van der Waals surface area contributed by atoms with Gasteiger partial charge in [-0.25, -0.2) is 26.3 Å². The molecule has 10 heterocycles. The van der Waals surface area contributed by atoms with E-state index in [2.05, 4.69) is 212 Å². The zero-order valence-corrected chi connectivity index (χ0v) is 76.5. The summed E-state index contributed by atoms with van der Waals surface area (Å²) in [4.78, 5) is 36.9. The number of piperazine rings is 2. The number of carbonyl (C=O) groups excluding carboxylic acids is 1. The molecule has 0 bridgehead atoms. The van der Waals surface area contributed by atoms with Gasteiger partial charge in [0.2, 0.25) is 5.91 Å². The van der Waals surface area contributed by atoms with E-state index in [9.17, 15) is 54.5 Å². The van der Waals surface area contributed by atoms with Crippen LogP contribution in [0.4, 0.5) is 39.5 Å². The first-order chi connectivity index (χ1) is 49.5. The minimum Gasteiger partial charge on any atom is -0.392 e. The summed E-state index contributed by atoms with van der Waals surface area (Å²) in [6.07, 6.45) is 6.42. The molecule has 0 aromatic carbocycles. The number of carbonyl (C=O) groups is 1. The number of alkyl halides is 9. The summed E-state index contributed by atoms with van der Waals surface area (Å²) in [5.41, 5.74) is 1.61. The van der Waals surface area contributed by atoms with E-state index in [1.165, 1.54) is 56.8 Å². The summed E-state index contributed by atoms with van der Waals surface area (Å²) in [5, 5.41) is 18.6. The van der Waals surface area contributed by atoms with E-state index in [4.69, 9.17) is 0 Å². The monoisotopic (exact) mass is 1590 g/mol. The van der Waals surface area contributed by atoms with Crippen molar-refractivity contribution in [2.45, 2.75) is 383 Å². The maximum absolute atomic E-state index is 12.9. The fraction of sp³-hybridized carbons (Fsp3) is 0.988. The van der Waals surface area contributed by atoms with Crippen molar-refractivity contribution in [2.24, 2.45) is 5.92 Å². The molecule has 15 nitrogen and oxygen atoms in total. The molecule has 24 heteroatoms. The Morgan fingerprint density at radius 2 is 0.718 bits per heavy atom. The number of aliphatic hydroxyl groups excluding tert-OH is 2. The van der Waals surface area contributed by atoms with E-state index < -0.39 is 36.9 Å². The fourth-order valence-electron chi connectivity index (χ4n) is 14.5. The SMILES string of the molecule is CC(C)(C)N1CCC(F)C1.CC(C)(C)N1CCC(O)C1.CC(C)(C)N1CCCC(F)(F)C1.CC(C)(C)N1CCCC(F)C1.CC(C)(C)N1CCCC(O)C1.CC(C)(C)N1CCCCC1.CC(C)(C)N1CCN(CC(F)(F)F)CC1.CC(C)N1CC(F)(F)C1.CN1CCN(C(C)(C)C)CC1=O.C[C@H]1CCN(C(C)(C)C)C1. The largest absolute Gasteiger partial charge is 0.401 e. The topological polar surface area (TPSA) is 96.4 Å². The van der Waals surface area contributed by atoms with Crippen molar-refractivity contribution < 1.29 is 54.5 Å². The van der Waals surface area contributed by atoms with E-state index in [0.717, 1.165) is 116 Å². The molecule has 10 fully saturated rings. The van der Waals surface area contributed by atoms with Gasteiger partial charge in [0.05, 0.1) is 44.9 Å². The second-order valence-corrected chi connectivity index (χ2v) is 42.4. The Balaban J connectivity index is 0.000000613. The standard InChI is InChI=1S/C10H19F3N2.C9H17F2N.C9H18FN.C9H18N2O.C9H19NO.2C9H19N.C8H16FN.C8H17NO.C6H11F2N/c1-9(2,3)15-6-4-14(5-7-15)8-10(11,12)13;1-8(2,3)12-6-4-5-9(10,11)7-12;1-9(2,3)11-6-4-5-8(10)7-11;1-9(2,3)11-6-5-10(4)8(12)7-11;1-9(2,3)10-6-4-5-8(11)7-10;1-8-5-6-10(7-8)9(2,3)4;1-9(2,3)10-7-5-4-6-8-10;1-8(2,3)10-5-4-7(9)6-10;1-8(2,3)9-5-4-7(10)6-9;1-5(2)9-3-6(7,8)4-9/h4-8H2,1-3H3;4-7H2,1-3H3;8H,4-7H2,1-3H3;5-7H2,1-4H3;8,11H,4-7H2,1-3H3;8H,5-7H2,1-4H3;4-8H2,1-3H3;7H,4-6H2,1-3H3;7,10H,4-6H2,1-3H3;5H,3-4H2,1-2H3/t;;;;;8-;;;;/m.....0..../s1. The van der Waals surface area contributed by atoms with Crippen molar-refractivity contribution in [1.29, 1.82) is 0 Å². The van der Waals surface area contributed by atoms with E-state index in [1.807, 2.05) is 46.6 Å². The number of likely N-dealkylation sites (N-methyl/N-ethyl adjacent to an activating group) is 1. The van der Waals surface area contributed by atoms with Gasteiger partial charge in [0.1, 0.15) is 12.3 Å². The molecule has 110 heavy (non-hydrogen) atoms. The van der Waals surface area contributed by atoms with Crippen molar-refractivity contribution in [3.63, 3.8) is 0 Å².